The van der Waals surface area contributed by atoms with Crippen molar-refractivity contribution in [2.75, 3.05) is 29.4 Å². The van der Waals surface area contributed by atoms with Crippen molar-refractivity contribution in [1.29, 1.82) is 5.26 Å². The molecule has 0 atom stereocenters. The zero-order valence-corrected chi connectivity index (χ0v) is 18.7. The molecule has 1 aliphatic rings. The zero-order valence-electron chi connectivity index (χ0n) is 17.9. The molecule has 1 heterocycles. The van der Waals surface area contributed by atoms with E-state index in [4.69, 9.17) is 14.7 Å². The van der Waals surface area contributed by atoms with Gasteiger partial charge in [-0.05, 0) is 54.1 Å². The summed E-state index contributed by atoms with van der Waals surface area (Å²) in [4.78, 5) is 12.7. The van der Waals surface area contributed by atoms with E-state index in [2.05, 4.69) is 5.32 Å². The van der Waals surface area contributed by atoms with E-state index in [1.54, 1.807) is 24.3 Å². The van der Waals surface area contributed by atoms with Crippen LogP contribution in [0.2, 0.25) is 0 Å². The second-order valence-corrected chi connectivity index (χ2v) is 9.24. The van der Waals surface area contributed by atoms with Gasteiger partial charge in [0.1, 0.15) is 25.6 Å². The summed E-state index contributed by atoms with van der Waals surface area (Å²) in [7, 11) is -4.22. The molecule has 0 bridgehead atoms. The molecule has 8 nitrogen and oxygen atoms in total. The van der Waals surface area contributed by atoms with Crippen molar-refractivity contribution >= 4 is 27.3 Å². The van der Waals surface area contributed by atoms with Gasteiger partial charge >= 0.3 is 0 Å². The Balaban J connectivity index is 1.62. The lowest BCUT2D eigenvalue weighted by atomic mass is 10.1. The van der Waals surface area contributed by atoms with Gasteiger partial charge in [0.15, 0.2) is 11.5 Å². The van der Waals surface area contributed by atoms with Crippen LogP contribution in [-0.2, 0) is 21.2 Å². The predicted octanol–water partition coefficient (Wildman–Crippen LogP) is 3.50. The molecule has 4 rings (SSSR count). The second-order valence-electron chi connectivity index (χ2n) is 7.37. The monoisotopic (exact) mass is 481 g/mol. The number of anilines is 2. The third kappa shape index (κ3) is 5.10. The number of hydrogen-bond acceptors (Lipinski definition) is 6. The lowest BCUT2D eigenvalue weighted by Gasteiger charge is -2.25. The highest BCUT2D eigenvalue weighted by Gasteiger charge is 2.29. The third-order valence-electron chi connectivity index (χ3n) is 5.02. The number of carbonyl (C=O) groups excluding carboxylic acids is 1. The molecule has 3 aromatic rings. The molecule has 0 saturated heterocycles. The first-order valence-corrected chi connectivity index (χ1v) is 11.7. The van der Waals surface area contributed by atoms with Crippen LogP contribution in [0.4, 0.5) is 15.8 Å². The maximum absolute atomic E-state index is 13.5. The van der Waals surface area contributed by atoms with E-state index in [-0.39, 0.29) is 29.4 Å². The number of carbonyl (C=O) groups is 1. The standard InChI is InChI=1S/C24H20FN3O5S/c25-18-3-7-20(8-4-18)28(16-24(29)27-19-5-1-17(2-6-19)11-12-26)34(30,31)21-9-10-22-23(15-21)33-14-13-32-22/h1-10,15H,11,13-14,16H2,(H,27,29). The Kier molecular flexibility index (Phi) is 6.65. The molecule has 0 fully saturated rings. The maximum atomic E-state index is 13.5. The highest BCUT2D eigenvalue weighted by Crippen LogP contribution is 2.34. The minimum absolute atomic E-state index is 0.102. The normalized spacial score (nSPS) is 12.5. The molecular formula is C24H20FN3O5S. The SMILES string of the molecule is N#CCc1ccc(NC(=O)CN(c2ccc(F)cc2)S(=O)(=O)c2ccc3c(c2)OCCO3)cc1. The van der Waals surface area contributed by atoms with Gasteiger partial charge in [-0.2, -0.15) is 5.26 Å². The fourth-order valence-electron chi connectivity index (χ4n) is 3.36. The van der Waals surface area contributed by atoms with Gasteiger partial charge in [-0.3, -0.25) is 9.10 Å². The van der Waals surface area contributed by atoms with E-state index < -0.39 is 28.3 Å². The molecule has 34 heavy (non-hydrogen) atoms. The summed E-state index contributed by atoms with van der Waals surface area (Å²) >= 11 is 0. The molecule has 0 radical (unpaired) electrons. The van der Waals surface area contributed by atoms with E-state index in [0.717, 1.165) is 22.0 Å². The minimum atomic E-state index is -4.22. The highest BCUT2D eigenvalue weighted by atomic mass is 32.2. The second kappa shape index (κ2) is 9.80. The van der Waals surface area contributed by atoms with Crippen molar-refractivity contribution in [2.24, 2.45) is 0 Å². The Bertz CT molecular complexity index is 1340. The Morgan fingerprint density at radius 1 is 1.00 bits per heavy atom. The largest absolute Gasteiger partial charge is 0.486 e. The van der Waals surface area contributed by atoms with E-state index in [0.29, 0.717) is 18.0 Å². The maximum Gasteiger partial charge on any atom is 0.264 e. The molecule has 0 aliphatic carbocycles. The van der Waals surface area contributed by atoms with Gasteiger partial charge < -0.3 is 14.8 Å². The number of amides is 1. The Morgan fingerprint density at radius 2 is 1.68 bits per heavy atom. The number of nitrogens with one attached hydrogen (secondary N) is 1. The number of nitriles is 1. The molecule has 0 spiro atoms. The summed E-state index contributed by atoms with van der Waals surface area (Å²) in [5.74, 6) is -0.426. The smallest absolute Gasteiger partial charge is 0.264 e. The summed E-state index contributed by atoms with van der Waals surface area (Å²) in [6.07, 6.45) is 0.236. The van der Waals surface area contributed by atoms with E-state index in [9.17, 15) is 17.6 Å². The van der Waals surface area contributed by atoms with Gasteiger partial charge in [0.05, 0.1) is 23.1 Å². The summed E-state index contributed by atoms with van der Waals surface area (Å²) in [6.45, 7) is 0.0918. The van der Waals surface area contributed by atoms with Crippen LogP contribution in [0.1, 0.15) is 5.56 Å². The molecule has 1 amide bonds. The Labute approximate surface area is 196 Å². The number of benzene rings is 3. The first kappa shape index (κ1) is 23.1. The molecular weight excluding hydrogens is 461 g/mol. The van der Waals surface area contributed by atoms with E-state index in [1.165, 1.54) is 30.3 Å². The fourth-order valence-corrected chi connectivity index (χ4v) is 4.80. The summed E-state index contributed by atoms with van der Waals surface area (Å²) in [6, 6.07) is 17.7. The summed E-state index contributed by atoms with van der Waals surface area (Å²) < 4.78 is 52.4. The van der Waals surface area contributed by atoms with E-state index in [1.807, 2.05) is 6.07 Å². The van der Waals surface area contributed by atoms with Crippen molar-refractivity contribution in [3.63, 3.8) is 0 Å². The number of ether oxygens (including phenoxy) is 2. The Morgan fingerprint density at radius 3 is 2.35 bits per heavy atom. The third-order valence-corrected chi connectivity index (χ3v) is 6.79. The number of nitrogens with zero attached hydrogens (tertiary/aromatic N) is 2. The average molecular weight is 482 g/mol. The quantitative estimate of drug-likeness (QED) is 0.553. The molecule has 0 aromatic heterocycles. The number of fused-ring (bicyclic) bond motifs is 1. The van der Waals surface area contributed by atoms with Crippen molar-refractivity contribution in [3.05, 3.63) is 78.1 Å². The van der Waals surface area contributed by atoms with Crippen LogP contribution in [-0.4, -0.2) is 34.1 Å². The van der Waals surface area contributed by atoms with Crippen LogP contribution in [0.3, 0.4) is 0 Å². The summed E-state index contributed by atoms with van der Waals surface area (Å²) in [5.41, 5.74) is 1.35. The molecule has 10 heteroatoms. The van der Waals surface area contributed by atoms with Crippen molar-refractivity contribution in [2.45, 2.75) is 11.3 Å². The first-order chi connectivity index (χ1) is 16.4. The first-order valence-electron chi connectivity index (χ1n) is 10.3. The van der Waals surface area contributed by atoms with Crippen LogP contribution in [0.5, 0.6) is 11.5 Å². The zero-order chi connectivity index (χ0) is 24.1. The lowest BCUT2D eigenvalue weighted by molar-refractivity contribution is -0.114. The van der Waals surface area contributed by atoms with Crippen LogP contribution in [0.15, 0.2) is 71.6 Å². The number of halogens is 1. The van der Waals surface area contributed by atoms with Gasteiger partial charge in [0.25, 0.3) is 10.0 Å². The number of hydrogen-bond donors (Lipinski definition) is 1. The van der Waals surface area contributed by atoms with Gasteiger partial charge in [-0.15, -0.1) is 0 Å². The summed E-state index contributed by atoms with van der Waals surface area (Å²) in [5, 5.41) is 11.4. The molecule has 0 unspecified atom stereocenters. The average Bonchev–Trinajstić information content (AvgIpc) is 2.84. The van der Waals surface area contributed by atoms with Crippen LogP contribution >= 0.6 is 0 Å². The van der Waals surface area contributed by atoms with Crippen LogP contribution < -0.4 is 19.1 Å². The van der Waals surface area contributed by atoms with Gasteiger partial charge in [-0.25, -0.2) is 12.8 Å². The van der Waals surface area contributed by atoms with Crippen molar-refractivity contribution in [1.82, 2.24) is 0 Å². The van der Waals surface area contributed by atoms with Gasteiger partial charge in [0, 0.05) is 11.8 Å². The number of sulfonamides is 1. The predicted molar refractivity (Wildman–Crippen MR) is 123 cm³/mol. The lowest BCUT2D eigenvalue weighted by Crippen LogP contribution is -2.38. The highest BCUT2D eigenvalue weighted by molar-refractivity contribution is 7.92. The van der Waals surface area contributed by atoms with Crippen LogP contribution in [0, 0.1) is 17.1 Å². The Hall–Kier alpha value is -4.10. The van der Waals surface area contributed by atoms with Crippen molar-refractivity contribution in [3.8, 4) is 17.6 Å². The van der Waals surface area contributed by atoms with Crippen LogP contribution in [0.25, 0.3) is 0 Å². The fraction of sp³-hybridized carbons (Fsp3) is 0.167. The topological polar surface area (TPSA) is 109 Å². The van der Waals surface area contributed by atoms with E-state index >= 15 is 0 Å². The van der Waals surface area contributed by atoms with Crippen molar-refractivity contribution < 1.29 is 27.1 Å². The molecule has 1 N–H and O–H groups in total. The molecule has 174 valence electrons. The molecule has 0 saturated carbocycles. The molecule has 3 aromatic carbocycles. The minimum Gasteiger partial charge on any atom is -0.486 e. The van der Waals surface area contributed by atoms with Gasteiger partial charge in [-0.1, -0.05) is 12.1 Å². The van der Waals surface area contributed by atoms with Gasteiger partial charge in [0.2, 0.25) is 5.91 Å². The molecule has 1 aliphatic heterocycles. The number of rotatable bonds is 7.